The zero-order chi connectivity index (χ0) is 14.2. The molecule has 0 radical (unpaired) electrons. The molecule has 0 spiro atoms. The van der Waals surface area contributed by atoms with Crippen molar-refractivity contribution in [1.82, 2.24) is 5.32 Å². The highest BCUT2D eigenvalue weighted by Crippen LogP contribution is 2.12. The fourth-order valence-electron chi connectivity index (χ4n) is 1.94. The van der Waals surface area contributed by atoms with Crippen LogP contribution in [0, 0.1) is 5.92 Å². The van der Waals surface area contributed by atoms with E-state index in [4.69, 9.17) is 4.74 Å². The summed E-state index contributed by atoms with van der Waals surface area (Å²) >= 11 is 0. The van der Waals surface area contributed by atoms with E-state index in [0.29, 0.717) is 12.5 Å². The average molecular weight is 269 g/mol. The van der Waals surface area contributed by atoms with Crippen LogP contribution in [0.3, 0.4) is 0 Å². The minimum Gasteiger partial charge on any atom is -0.489 e. The molecule has 0 aliphatic carbocycles. The van der Waals surface area contributed by atoms with Gasteiger partial charge in [-0.2, -0.15) is 0 Å². The van der Waals surface area contributed by atoms with Crippen molar-refractivity contribution in [3.63, 3.8) is 0 Å². The van der Waals surface area contributed by atoms with Gasteiger partial charge in [-0.05, 0) is 35.7 Å². The van der Waals surface area contributed by atoms with E-state index in [9.17, 15) is 0 Å². The van der Waals surface area contributed by atoms with Crippen molar-refractivity contribution in [3.8, 4) is 5.75 Å². The molecule has 20 heavy (non-hydrogen) atoms. The lowest BCUT2D eigenvalue weighted by molar-refractivity contribution is 0.306. The first-order valence-corrected chi connectivity index (χ1v) is 7.20. The summed E-state index contributed by atoms with van der Waals surface area (Å²) in [6.45, 7) is 7.04. The number of ether oxygens (including phenoxy) is 1. The fraction of sp³-hybridized carbons (Fsp3) is 0.333. The third-order valence-corrected chi connectivity index (χ3v) is 3.05. The van der Waals surface area contributed by atoms with Crippen molar-refractivity contribution >= 4 is 0 Å². The highest BCUT2D eigenvalue weighted by Gasteiger charge is 1.98. The molecular formula is C18H23NO. The topological polar surface area (TPSA) is 21.3 Å². The van der Waals surface area contributed by atoms with Crippen molar-refractivity contribution in [1.29, 1.82) is 0 Å². The smallest absolute Gasteiger partial charge is 0.119 e. The maximum absolute atomic E-state index is 5.73. The summed E-state index contributed by atoms with van der Waals surface area (Å²) in [6, 6.07) is 18.5. The van der Waals surface area contributed by atoms with Crippen LogP contribution in [-0.2, 0) is 13.2 Å². The molecule has 106 valence electrons. The van der Waals surface area contributed by atoms with Crippen LogP contribution in [0.25, 0.3) is 0 Å². The number of hydrogen-bond donors (Lipinski definition) is 1. The van der Waals surface area contributed by atoms with E-state index in [-0.39, 0.29) is 0 Å². The van der Waals surface area contributed by atoms with Crippen LogP contribution in [-0.4, -0.2) is 6.54 Å². The summed E-state index contributed by atoms with van der Waals surface area (Å²) in [4.78, 5) is 0. The molecule has 0 heterocycles. The molecule has 0 unspecified atom stereocenters. The highest BCUT2D eigenvalue weighted by molar-refractivity contribution is 5.24. The first-order valence-electron chi connectivity index (χ1n) is 7.20. The summed E-state index contributed by atoms with van der Waals surface area (Å²) in [6.07, 6.45) is 0. The van der Waals surface area contributed by atoms with Gasteiger partial charge in [-0.3, -0.25) is 0 Å². The molecule has 2 rings (SSSR count). The van der Waals surface area contributed by atoms with Gasteiger partial charge in [-0.25, -0.2) is 0 Å². The monoisotopic (exact) mass is 269 g/mol. The van der Waals surface area contributed by atoms with Crippen molar-refractivity contribution in [2.24, 2.45) is 5.92 Å². The predicted molar refractivity (Wildman–Crippen MR) is 83.8 cm³/mol. The van der Waals surface area contributed by atoms with Gasteiger partial charge in [0.15, 0.2) is 0 Å². The normalized spacial score (nSPS) is 10.8. The Morgan fingerprint density at radius 3 is 2.20 bits per heavy atom. The summed E-state index contributed by atoms with van der Waals surface area (Å²) in [7, 11) is 0. The van der Waals surface area contributed by atoms with E-state index in [1.54, 1.807) is 0 Å². The third kappa shape index (κ3) is 5.06. The molecule has 0 amide bonds. The van der Waals surface area contributed by atoms with E-state index in [1.165, 1.54) is 11.1 Å². The van der Waals surface area contributed by atoms with E-state index in [2.05, 4.69) is 43.4 Å². The number of para-hydroxylation sites is 1. The van der Waals surface area contributed by atoms with Crippen LogP contribution in [0.5, 0.6) is 5.75 Å². The van der Waals surface area contributed by atoms with E-state index in [0.717, 1.165) is 18.8 Å². The summed E-state index contributed by atoms with van der Waals surface area (Å²) in [5, 5.41) is 3.45. The lowest BCUT2D eigenvalue weighted by Crippen LogP contribution is -2.18. The number of hydrogen-bond acceptors (Lipinski definition) is 2. The van der Waals surface area contributed by atoms with Gasteiger partial charge in [-0.15, -0.1) is 0 Å². The molecule has 2 nitrogen and oxygen atoms in total. The number of nitrogens with one attached hydrogen (secondary N) is 1. The van der Waals surface area contributed by atoms with E-state index in [1.807, 2.05) is 30.3 Å². The lowest BCUT2D eigenvalue weighted by atomic mass is 10.1. The minimum atomic E-state index is 0.615. The Bertz CT molecular complexity index is 491. The first-order chi connectivity index (χ1) is 9.74. The lowest BCUT2D eigenvalue weighted by Gasteiger charge is -2.09. The Balaban J connectivity index is 1.79. The summed E-state index contributed by atoms with van der Waals surface area (Å²) < 4.78 is 5.73. The molecule has 0 fully saturated rings. The Morgan fingerprint density at radius 1 is 0.900 bits per heavy atom. The van der Waals surface area contributed by atoms with Crippen LogP contribution in [0.1, 0.15) is 25.0 Å². The van der Waals surface area contributed by atoms with Gasteiger partial charge in [0.1, 0.15) is 12.4 Å². The Morgan fingerprint density at radius 2 is 1.55 bits per heavy atom. The largest absolute Gasteiger partial charge is 0.489 e. The van der Waals surface area contributed by atoms with Crippen molar-refractivity contribution < 1.29 is 4.74 Å². The standard InChI is InChI=1S/C18H23NO/c1-15(2)12-19-13-16-8-10-17(11-9-16)14-20-18-6-4-3-5-7-18/h3-11,15,19H,12-14H2,1-2H3. The minimum absolute atomic E-state index is 0.615. The summed E-state index contributed by atoms with van der Waals surface area (Å²) in [5.74, 6) is 1.60. The fourth-order valence-corrected chi connectivity index (χ4v) is 1.94. The zero-order valence-corrected chi connectivity index (χ0v) is 12.3. The SMILES string of the molecule is CC(C)CNCc1ccc(COc2ccccc2)cc1. The molecule has 0 aliphatic heterocycles. The molecule has 0 atom stereocenters. The Hall–Kier alpha value is -1.80. The Kier molecular flexibility index (Phi) is 5.63. The van der Waals surface area contributed by atoms with Crippen molar-refractivity contribution in [2.45, 2.75) is 27.0 Å². The second kappa shape index (κ2) is 7.71. The van der Waals surface area contributed by atoms with Crippen LogP contribution in [0.15, 0.2) is 54.6 Å². The second-order valence-electron chi connectivity index (χ2n) is 5.44. The molecule has 1 N–H and O–H groups in total. The summed E-state index contributed by atoms with van der Waals surface area (Å²) in [5.41, 5.74) is 2.51. The van der Waals surface area contributed by atoms with E-state index < -0.39 is 0 Å². The van der Waals surface area contributed by atoms with Gasteiger partial charge < -0.3 is 10.1 Å². The molecule has 0 bridgehead atoms. The second-order valence-corrected chi connectivity index (χ2v) is 5.44. The maximum Gasteiger partial charge on any atom is 0.119 e. The van der Waals surface area contributed by atoms with Crippen LogP contribution < -0.4 is 10.1 Å². The molecule has 2 heteroatoms. The quantitative estimate of drug-likeness (QED) is 0.820. The molecule has 2 aromatic rings. The third-order valence-electron chi connectivity index (χ3n) is 3.05. The predicted octanol–water partition coefficient (Wildman–Crippen LogP) is 4.01. The number of rotatable bonds is 7. The molecule has 0 saturated carbocycles. The van der Waals surface area contributed by atoms with Gasteiger partial charge in [0.05, 0.1) is 0 Å². The van der Waals surface area contributed by atoms with E-state index >= 15 is 0 Å². The van der Waals surface area contributed by atoms with Gasteiger partial charge in [0.2, 0.25) is 0 Å². The molecule has 0 aromatic heterocycles. The first kappa shape index (κ1) is 14.6. The van der Waals surface area contributed by atoms with Crippen LogP contribution in [0.4, 0.5) is 0 Å². The van der Waals surface area contributed by atoms with Gasteiger partial charge in [0.25, 0.3) is 0 Å². The molecule has 2 aromatic carbocycles. The highest BCUT2D eigenvalue weighted by atomic mass is 16.5. The maximum atomic E-state index is 5.73. The molecule has 0 aliphatic rings. The van der Waals surface area contributed by atoms with Crippen LogP contribution in [0.2, 0.25) is 0 Å². The van der Waals surface area contributed by atoms with Crippen molar-refractivity contribution in [3.05, 3.63) is 65.7 Å². The van der Waals surface area contributed by atoms with Crippen molar-refractivity contribution in [2.75, 3.05) is 6.54 Å². The number of benzene rings is 2. The van der Waals surface area contributed by atoms with Gasteiger partial charge in [-0.1, -0.05) is 56.3 Å². The Labute approximate surface area is 121 Å². The average Bonchev–Trinajstić information content (AvgIpc) is 2.47. The molecular weight excluding hydrogens is 246 g/mol. The zero-order valence-electron chi connectivity index (χ0n) is 12.3. The van der Waals surface area contributed by atoms with Gasteiger partial charge in [0, 0.05) is 6.54 Å². The molecule has 0 saturated heterocycles. The van der Waals surface area contributed by atoms with Crippen LogP contribution >= 0.6 is 0 Å². The van der Waals surface area contributed by atoms with Gasteiger partial charge >= 0.3 is 0 Å².